The van der Waals surface area contributed by atoms with Crippen molar-refractivity contribution in [2.24, 2.45) is 0 Å². The third kappa shape index (κ3) is 8.56. The second kappa shape index (κ2) is 8.34. The van der Waals surface area contributed by atoms with Crippen molar-refractivity contribution in [3.8, 4) is 0 Å². The van der Waals surface area contributed by atoms with Crippen LogP contribution in [0.1, 0.15) is 19.8 Å². The summed E-state index contributed by atoms with van der Waals surface area (Å²) in [5, 5.41) is 19.6. The summed E-state index contributed by atoms with van der Waals surface area (Å²) in [6.07, 6.45) is 0.508. The molecule has 6 nitrogen and oxygen atoms in total. The van der Waals surface area contributed by atoms with Gasteiger partial charge in [-0.25, -0.2) is 9.59 Å². The molecule has 0 saturated heterocycles. The highest BCUT2D eigenvalue weighted by molar-refractivity contribution is 6.84. The van der Waals surface area contributed by atoms with Crippen molar-refractivity contribution in [1.82, 2.24) is 0 Å². The van der Waals surface area contributed by atoms with Gasteiger partial charge in [-0.15, -0.1) is 0 Å². The van der Waals surface area contributed by atoms with Crippen LogP contribution in [0.5, 0.6) is 0 Å². The molecule has 0 aliphatic rings. The van der Waals surface area contributed by atoms with Crippen molar-refractivity contribution in [2.45, 2.75) is 64.1 Å². The SMILES string of the molecule is C=C(C)C(=O)OC(=O)C(O)(CO)CCC[Si](C)(C)O[Si](C)(C)C. The summed E-state index contributed by atoms with van der Waals surface area (Å²) in [6, 6.07) is 0.737. The molecule has 0 aliphatic heterocycles. The Labute approximate surface area is 140 Å². The maximum atomic E-state index is 11.9. The molecule has 0 aromatic rings. The second-order valence-electron chi connectivity index (χ2n) is 7.47. The predicted molar refractivity (Wildman–Crippen MR) is 93.9 cm³/mol. The van der Waals surface area contributed by atoms with E-state index in [0.29, 0.717) is 6.42 Å². The Hall–Kier alpha value is -0.806. The van der Waals surface area contributed by atoms with Gasteiger partial charge in [0.2, 0.25) is 0 Å². The van der Waals surface area contributed by atoms with Gasteiger partial charge in [0.15, 0.2) is 22.2 Å². The fraction of sp³-hybridized carbons (Fsp3) is 0.733. The monoisotopic (exact) mass is 362 g/mol. The summed E-state index contributed by atoms with van der Waals surface area (Å²) < 4.78 is 10.7. The van der Waals surface area contributed by atoms with Crippen LogP contribution in [0.25, 0.3) is 0 Å². The van der Waals surface area contributed by atoms with Gasteiger partial charge in [0, 0.05) is 5.57 Å². The fourth-order valence-corrected chi connectivity index (χ4v) is 10.3. The van der Waals surface area contributed by atoms with Gasteiger partial charge in [-0.1, -0.05) is 13.0 Å². The summed E-state index contributed by atoms with van der Waals surface area (Å²) in [6.45, 7) is 14.5. The summed E-state index contributed by atoms with van der Waals surface area (Å²) in [4.78, 5) is 23.2. The third-order valence-corrected chi connectivity index (χ3v) is 9.34. The van der Waals surface area contributed by atoms with Crippen LogP contribution in [0.4, 0.5) is 0 Å². The van der Waals surface area contributed by atoms with E-state index in [1.807, 2.05) is 0 Å². The lowest BCUT2D eigenvalue weighted by Gasteiger charge is -2.32. The number of aliphatic hydroxyl groups is 2. The zero-order chi connectivity index (χ0) is 18.5. The molecule has 2 N–H and O–H groups in total. The number of carbonyl (C=O) groups is 2. The second-order valence-corrected chi connectivity index (χ2v) is 16.5. The molecular weight excluding hydrogens is 332 g/mol. The highest BCUT2D eigenvalue weighted by atomic mass is 28.4. The average Bonchev–Trinajstić information content (AvgIpc) is 2.34. The quantitative estimate of drug-likeness (QED) is 0.283. The smallest absolute Gasteiger partial charge is 0.348 e. The van der Waals surface area contributed by atoms with Crippen LogP contribution in [0.15, 0.2) is 12.2 Å². The number of rotatable bonds is 9. The Morgan fingerprint density at radius 1 is 1.17 bits per heavy atom. The van der Waals surface area contributed by atoms with E-state index in [9.17, 15) is 19.8 Å². The average molecular weight is 363 g/mol. The minimum Gasteiger partial charge on any atom is -0.456 e. The van der Waals surface area contributed by atoms with Crippen LogP contribution in [-0.2, 0) is 18.4 Å². The van der Waals surface area contributed by atoms with Gasteiger partial charge >= 0.3 is 11.9 Å². The van der Waals surface area contributed by atoms with Gasteiger partial charge in [-0.3, -0.25) is 0 Å². The first-order chi connectivity index (χ1) is 10.2. The molecule has 0 fully saturated rings. The van der Waals surface area contributed by atoms with Gasteiger partial charge < -0.3 is 19.1 Å². The largest absolute Gasteiger partial charge is 0.456 e. The maximum Gasteiger partial charge on any atom is 0.348 e. The molecule has 0 heterocycles. The Kier molecular flexibility index (Phi) is 8.05. The first-order valence-corrected chi connectivity index (χ1v) is 14.2. The molecule has 134 valence electrons. The van der Waals surface area contributed by atoms with Crippen LogP contribution in [0.3, 0.4) is 0 Å². The lowest BCUT2D eigenvalue weighted by Crippen LogP contribution is -2.46. The van der Waals surface area contributed by atoms with E-state index in [0.717, 1.165) is 6.04 Å². The lowest BCUT2D eigenvalue weighted by molar-refractivity contribution is -0.176. The fourth-order valence-electron chi connectivity index (χ4n) is 2.20. The van der Waals surface area contributed by atoms with Crippen molar-refractivity contribution in [3.05, 3.63) is 12.2 Å². The van der Waals surface area contributed by atoms with Crippen molar-refractivity contribution in [2.75, 3.05) is 6.61 Å². The summed E-state index contributed by atoms with van der Waals surface area (Å²) in [5.41, 5.74) is -2.02. The molecule has 23 heavy (non-hydrogen) atoms. The van der Waals surface area contributed by atoms with E-state index < -0.39 is 40.8 Å². The highest BCUT2D eigenvalue weighted by Crippen LogP contribution is 2.24. The summed E-state index contributed by atoms with van der Waals surface area (Å²) >= 11 is 0. The zero-order valence-electron chi connectivity index (χ0n) is 15.1. The van der Waals surface area contributed by atoms with Gasteiger partial charge in [0.05, 0.1) is 6.61 Å². The summed E-state index contributed by atoms with van der Waals surface area (Å²) in [5.74, 6) is -2.04. The van der Waals surface area contributed by atoms with Gasteiger partial charge in [-0.05, 0) is 52.1 Å². The van der Waals surface area contributed by atoms with Gasteiger partial charge in [-0.2, -0.15) is 0 Å². The van der Waals surface area contributed by atoms with Crippen molar-refractivity contribution in [3.63, 3.8) is 0 Å². The number of esters is 2. The molecule has 0 saturated carbocycles. The molecule has 0 aliphatic carbocycles. The highest BCUT2D eigenvalue weighted by Gasteiger charge is 2.39. The van der Waals surface area contributed by atoms with E-state index in [1.165, 1.54) is 6.92 Å². The molecule has 1 atom stereocenters. The van der Waals surface area contributed by atoms with E-state index in [-0.39, 0.29) is 12.0 Å². The molecule has 0 bridgehead atoms. The van der Waals surface area contributed by atoms with Crippen LogP contribution in [0.2, 0.25) is 38.8 Å². The molecule has 0 aromatic carbocycles. The number of aliphatic hydroxyl groups excluding tert-OH is 1. The van der Waals surface area contributed by atoms with Crippen LogP contribution < -0.4 is 0 Å². The van der Waals surface area contributed by atoms with E-state index >= 15 is 0 Å². The van der Waals surface area contributed by atoms with Crippen molar-refractivity contribution >= 4 is 28.6 Å². The molecule has 0 aromatic heterocycles. The maximum absolute atomic E-state index is 11.9. The van der Waals surface area contributed by atoms with E-state index in [1.54, 1.807) is 0 Å². The predicted octanol–water partition coefficient (Wildman–Crippen LogP) is 2.19. The minimum atomic E-state index is -2.07. The first kappa shape index (κ1) is 22.2. The normalized spacial score (nSPS) is 15.0. The molecule has 0 rings (SSSR count). The number of hydrogen-bond acceptors (Lipinski definition) is 6. The first-order valence-electron chi connectivity index (χ1n) is 7.68. The van der Waals surface area contributed by atoms with Crippen LogP contribution in [0, 0.1) is 0 Å². The minimum absolute atomic E-state index is 0.0112. The molecule has 0 radical (unpaired) electrons. The zero-order valence-corrected chi connectivity index (χ0v) is 17.1. The summed E-state index contributed by atoms with van der Waals surface area (Å²) in [7, 11) is -3.55. The van der Waals surface area contributed by atoms with E-state index in [2.05, 4.69) is 44.1 Å². The molecule has 0 amide bonds. The van der Waals surface area contributed by atoms with E-state index in [4.69, 9.17) is 4.12 Å². The molecular formula is C15H30O6Si2. The number of ether oxygens (including phenoxy) is 1. The van der Waals surface area contributed by atoms with Gasteiger partial charge in [0.25, 0.3) is 0 Å². The molecule has 1 unspecified atom stereocenters. The Bertz CT molecular complexity index is 455. The van der Waals surface area contributed by atoms with Crippen LogP contribution in [-0.4, -0.2) is 51.0 Å². The van der Waals surface area contributed by atoms with Crippen LogP contribution >= 0.6 is 0 Å². The standard InChI is InChI=1S/C15H30O6Si2/c1-12(2)13(17)20-14(18)15(19,11-16)9-8-10-23(6,7)21-22(3,4)5/h16,19H,1,8-11H2,2-7H3. The lowest BCUT2D eigenvalue weighted by atomic mass is 9.99. The van der Waals surface area contributed by atoms with Gasteiger partial charge in [0.1, 0.15) is 0 Å². The number of carbonyl (C=O) groups excluding carboxylic acids is 2. The van der Waals surface area contributed by atoms with Crippen molar-refractivity contribution in [1.29, 1.82) is 0 Å². The number of hydrogen-bond donors (Lipinski definition) is 2. The molecule has 0 spiro atoms. The third-order valence-electron chi connectivity index (χ3n) is 3.13. The molecule has 8 heteroatoms. The Morgan fingerprint density at radius 3 is 2.09 bits per heavy atom. The Balaban J connectivity index is 4.66. The topological polar surface area (TPSA) is 93.1 Å². The van der Waals surface area contributed by atoms with Crippen molar-refractivity contribution < 1.29 is 28.7 Å². The Morgan fingerprint density at radius 2 is 1.70 bits per heavy atom.